The lowest BCUT2D eigenvalue weighted by Crippen LogP contribution is -1.98. The van der Waals surface area contributed by atoms with Gasteiger partial charge >= 0.3 is 5.97 Å². The molecule has 0 aromatic heterocycles. The van der Waals surface area contributed by atoms with Crippen molar-refractivity contribution in [3.63, 3.8) is 0 Å². The van der Waals surface area contributed by atoms with Gasteiger partial charge in [-0.05, 0) is 38.7 Å². The van der Waals surface area contributed by atoms with Gasteiger partial charge in [-0.25, -0.2) is 4.79 Å². The maximum atomic E-state index is 11.3. The van der Waals surface area contributed by atoms with E-state index in [0.29, 0.717) is 6.61 Å². The average molecular weight is 339 g/mol. The van der Waals surface area contributed by atoms with Crippen LogP contribution < -0.4 is 0 Å². The summed E-state index contributed by atoms with van der Waals surface area (Å²) in [5.41, 5.74) is 2.06. The summed E-state index contributed by atoms with van der Waals surface area (Å²) in [4.78, 5) is 11.3. The van der Waals surface area contributed by atoms with Gasteiger partial charge in [0, 0.05) is 5.57 Å². The molecule has 0 amide bonds. The number of aliphatic hydroxyl groups excluding tert-OH is 1. The molecular weight excluding hydrogens is 300 g/mol. The first-order valence-corrected chi connectivity index (χ1v) is 10.1. The minimum Gasteiger partial charge on any atom is -0.458 e. The van der Waals surface area contributed by atoms with Gasteiger partial charge in [-0.2, -0.15) is 0 Å². The van der Waals surface area contributed by atoms with Crippen molar-refractivity contribution in [2.45, 2.75) is 110 Å². The fourth-order valence-electron chi connectivity index (χ4n) is 3.32. The zero-order valence-electron chi connectivity index (χ0n) is 15.9. The molecule has 1 heterocycles. The Hall–Kier alpha value is -0.830. The number of hydrogen-bond donors (Lipinski definition) is 1. The van der Waals surface area contributed by atoms with Crippen molar-refractivity contribution >= 4 is 5.97 Å². The van der Waals surface area contributed by atoms with Crippen LogP contribution in [0.4, 0.5) is 0 Å². The molecule has 1 aliphatic heterocycles. The first-order chi connectivity index (χ1) is 11.6. The number of aliphatic hydroxyl groups is 1. The van der Waals surface area contributed by atoms with E-state index in [1.807, 2.05) is 13.8 Å². The SMILES string of the molecule is CC1=C(CCCCCCCCCCCCCC[C@H](C)O)COC1=O. The molecule has 0 fully saturated rings. The second-order valence-electron chi connectivity index (χ2n) is 7.44. The van der Waals surface area contributed by atoms with E-state index in [9.17, 15) is 9.90 Å². The molecule has 0 radical (unpaired) electrons. The van der Waals surface area contributed by atoms with Crippen molar-refractivity contribution in [3.8, 4) is 0 Å². The third-order valence-electron chi connectivity index (χ3n) is 5.06. The van der Waals surface area contributed by atoms with Crippen LogP contribution in [0.25, 0.3) is 0 Å². The van der Waals surface area contributed by atoms with Crippen LogP contribution in [0.2, 0.25) is 0 Å². The highest BCUT2D eigenvalue weighted by Gasteiger charge is 2.19. The highest BCUT2D eigenvalue weighted by atomic mass is 16.5. The standard InChI is InChI=1S/C21H38O3/c1-18(22)15-13-11-9-7-5-3-4-6-8-10-12-14-16-20-17-24-21(23)19(20)2/h18,22H,3-17H2,1-2H3/t18-/m0/s1. The maximum Gasteiger partial charge on any atom is 0.334 e. The summed E-state index contributed by atoms with van der Waals surface area (Å²) in [6.07, 6.45) is 17.6. The smallest absolute Gasteiger partial charge is 0.334 e. The second-order valence-corrected chi connectivity index (χ2v) is 7.44. The van der Waals surface area contributed by atoms with Crippen LogP contribution in [-0.4, -0.2) is 23.8 Å². The predicted octanol–water partition coefficient (Wildman–Crippen LogP) is 5.70. The van der Waals surface area contributed by atoms with E-state index in [2.05, 4.69) is 0 Å². The van der Waals surface area contributed by atoms with Crippen LogP contribution in [-0.2, 0) is 9.53 Å². The molecule has 0 saturated carbocycles. The van der Waals surface area contributed by atoms with Crippen LogP contribution in [0.5, 0.6) is 0 Å². The number of unbranched alkanes of at least 4 members (excludes halogenated alkanes) is 11. The summed E-state index contributed by atoms with van der Waals surface area (Å²) in [6, 6.07) is 0. The van der Waals surface area contributed by atoms with Gasteiger partial charge in [0.2, 0.25) is 0 Å². The largest absolute Gasteiger partial charge is 0.458 e. The monoisotopic (exact) mass is 338 g/mol. The van der Waals surface area contributed by atoms with E-state index < -0.39 is 0 Å². The Morgan fingerprint density at radius 3 is 1.75 bits per heavy atom. The average Bonchev–Trinajstić information content (AvgIpc) is 2.87. The molecule has 0 aromatic rings. The molecule has 0 spiro atoms. The van der Waals surface area contributed by atoms with Crippen LogP contribution >= 0.6 is 0 Å². The third-order valence-corrected chi connectivity index (χ3v) is 5.06. The molecule has 1 atom stereocenters. The van der Waals surface area contributed by atoms with Crippen LogP contribution in [0.3, 0.4) is 0 Å². The zero-order chi connectivity index (χ0) is 17.6. The number of carbonyl (C=O) groups is 1. The summed E-state index contributed by atoms with van der Waals surface area (Å²) in [7, 11) is 0. The van der Waals surface area contributed by atoms with Crippen LogP contribution in [0.1, 0.15) is 104 Å². The Kier molecular flexibility index (Phi) is 11.9. The lowest BCUT2D eigenvalue weighted by Gasteiger charge is -2.05. The number of rotatable bonds is 15. The van der Waals surface area contributed by atoms with Crippen molar-refractivity contribution in [1.82, 2.24) is 0 Å². The third kappa shape index (κ3) is 10.1. The summed E-state index contributed by atoms with van der Waals surface area (Å²) in [5.74, 6) is -0.118. The lowest BCUT2D eigenvalue weighted by atomic mass is 10.0. The van der Waals surface area contributed by atoms with E-state index in [4.69, 9.17) is 4.74 Å². The molecule has 0 saturated heterocycles. The minimum absolute atomic E-state index is 0.118. The van der Waals surface area contributed by atoms with Crippen molar-refractivity contribution in [3.05, 3.63) is 11.1 Å². The van der Waals surface area contributed by atoms with Gasteiger partial charge in [-0.3, -0.25) is 0 Å². The molecule has 1 N–H and O–H groups in total. The van der Waals surface area contributed by atoms with Crippen molar-refractivity contribution < 1.29 is 14.6 Å². The van der Waals surface area contributed by atoms with Gasteiger partial charge in [-0.15, -0.1) is 0 Å². The minimum atomic E-state index is -0.125. The fraction of sp³-hybridized carbons (Fsp3) is 0.857. The number of esters is 1. The Morgan fingerprint density at radius 2 is 1.33 bits per heavy atom. The Morgan fingerprint density at radius 1 is 0.875 bits per heavy atom. The highest BCUT2D eigenvalue weighted by Crippen LogP contribution is 2.21. The Bertz CT molecular complexity index is 371. The zero-order valence-corrected chi connectivity index (χ0v) is 15.9. The van der Waals surface area contributed by atoms with E-state index in [0.717, 1.165) is 18.4 Å². The topological polar surface area (TPSA) is 46.5 Å². The molecule has 24 heavy (non-hydrogen) atoms. The molecule has 140 valence electrons. The summed E-state index contributed by atoms with van der Waals surface area (Å²) < 4.78 is 5.03. The normalized spacial score (nSPS) is 15.9. The van der Waals surface area contributed by atoms with Gasteiger partial charge in [0.05, 0.1) is 6.10 Å². The molecular formula is C21H38O3. The molecule has 0 aliphatic carbocycles. The number of carbonyl (C=O) groups excluding carboxylic acids is 1. The first-order valence-electron chi connectivity index (χ1n) is 10.1. The molecule has 0 unspecified atom stereocenters. The van der Waals surface area contributed by atoms with E-state index in [1.54, 1.807) is 0 Å². The van der Waals surface area contributed by atoms with E-state index in [-0.39, 0.29) is 12.1 Å². The molecule has 0 bridgehead atoms. The van der Waals surface area contributed by atoms with Gasteiger partial charge in [0.1, 0.15) is 6.61 Å². The second kappa shape index (κ2) is 13.5. The lowest BCUT2D eigenvalue weighted by molar-refractivity contribution is -0.135. The summed E-state index contributed by atoms with van der Waals surface area (Å²) >= 11 is 0. The van der Waals surface area contributed by atoms with Gasteiger partial charge < -0.3 is 9.84 Å². The molecule has 3 nitrogen and oxygen atoms in total. The number of ether oxygens (including phenoxy) is 1. The Labute approximate surface area is 148 Å². The quantitative estimate of drug-likeness (QED) is 0.308. The van der Waals surface area contributed by atoms with Crippen molar-refractivity contribution in [2.75, 3.05) is 6.61 Å². The summed E-state index contributed by atoms with van der Waals surface area (Å²) in [6.45, 7) is 4.30. The van der Waals surface area contributed by atoms with Crippen molar-refractivity contribution in [2.24, 2.45) is 0 Å². The Balaban J connectivity index is 1.77. The van der Waals surface area contributed by atoms with Crippen molar-refractivity contribution in [1.29, 1.82) is 0 Å². The van der Waals surface area contributed by atoms with Gasteiger partial charge in [-0.1, -0.05) is 70.6 Å². The predicted molar refractivity (Wildman–Crippen MR) is 100.0 cm³/mol. The van der Waals surface area contributed by atoms with E-state index >= 15 is 0 Å². The number of cyclic esters (lactones) is 1. The highest BCUT2D eigenvalue weighted by molar-refractivity contribution is 5.90. The van der Waals surface area contributed by atoms with Gasteiger partial charge in [0.15, 0.2) is 0 Å². The van der Waals surface area contributed by atoms with Crippen LogP contribution in [0.15, 0.2) is 11.1 Å². The molecule has 1 aliphatic rings. The molecule has 1 rings (SSSR count). The first kappa shape index (κ1) is 21.2. The van der Waals surface area contributed by atoms with Crippen LogP contribution in [0, 0.1) is 0 Å². The number of hydrogen-bond acceptors (Lipinski definition) is 3. The van der Waals surface area contributed by atoms with Gasteiger partial charge in [0.25, 0.3) is 0 Å². The van der Waals surface area contributed by atoms with E-state index in [1.165, 1.54) is 82.6 Å². The summed E-state index contributed by atoms with van der Waals surface area (Å²) in [5, 5.41) is 9.19. The molecule has 0 aromatic carbocycles. The fourth-order valence-corrected chi connectivity index (χ4v) is 3.32. The molecule has 3 heteroatoms. The maximum absolute atomic E-state index is 11.3.